The highest BCUT2D eigenvalue weighted by Gasteiger charge is 2.23. The van der Waals surface area contributed by atoms with Gasteiger partial charge >= 0.3 is 0 Å². The third-order valence-electron chi connectivity index (χ3n) is 4.02. The van der Waals surface area contributed by atoms with Gasteiger partial charge in [-0.3, -0.25) is 4.79 Å². The molecule has 0 saturated carbocycles. The lowest BCUT2D eigenvalue weighted by molar-refractivity contribution is 0.0709. The predicted molar refractivity (Wildman–Crippen MR) is 96.4 cm³/mol. The van der Waals surface area contributed by atoms with Crippen LogP contribution in [0.3, 0.4) is 0 Å². The molecule has 0 atom stereocenters. The fraction of sp³-hybridized carbons (Fsp3) is 0.444. The van der Waals surface area contributed by atoms with Gasteiger partial charge in [-0.05, 0) is 51.0 Å². The number of hydrogen-bond acceptors (Lipinski definition) is 5. The minimum atomic E-state index is 0.00385. The number of rotatable bonds is 4. The third kappa shape index (κ3) is 3.94. The summed E-state index contributed by atoms with van der Waals surface area (Å²) in [5.74, 6) is 0.843. The highest BCUT2D eigenvalue weighted by Crippen LogP contribution is 2.27. The Kier molecular flexibility index (Phi) is 5.16. The summed E-state index contributed by atoms with van der Waals surface area (Å²) < 4.78 is 5.65. The number of benzene rings is 1. The minimum absolute atomic E-state index is 0.00385. The Labute approximate surface area is 146 Å². The van der Waals surface area contributed by atoms with Crippen LogP contribution in [0.15, 0.2) is 29.6 Å². The zero-order valence-electron chi connectivity index (χ0n) is 14.1. The van der Waals surface area contributed by atoms with Crippen LogP contribution in [-0.4, -0.2) is 41.0 Å². The number of ether oxygens (including phenoxy) is 1. The fourth-order valence-corrected chi connectivity index (χ4v) is 3.52. The van der Waals surface area contributed by atoms with E-state index >= 15 is 0 Å². The molecule has 5 nitrogen and oxygen atoms in total. The standard InChI is InChI=1S/C18H23N3O2S/c1-12(2)23-15-5-3-13(4-6-15)17-20-16(11-24-17)18(22)21-9-7-14(19)8-10-21/h3-6,11-12,14H,7-10,19H2,1-2H3. The van der Waals surface area contributed by atoms with Gasteiger partial charge in [-0.2, -0.15) is 0 Å². The molecule has 1 amide bonds. The molecule has 0 spiro atoms. The van der Waals surface area contributed by atoms with Crippen LogP contribution in [0.5, 0.6) is 5.75 Å². The van der Waals surface area contributed by atoms with Gasteiger partial charge in [0.05, 0.1) is 6.10 Å². The zero-order chi connectivity index (χ0) is 17.1. The highest BCUT2D eigenvalue weighted by molar-refractivity contribution is 7.13. The number of likely N-dealkylation sites (tertiary alicyclic amines) is 1. The van der Waals surface area contributed by atoms with Crippen molar-refractivity contribution < 1.29 is 9.53 Å². The molecule has 1 aliphatic rings. The number of thiazole rings is 1. The van der Waals surface area contributed by atoms with Crippen molar-refractivity contribution in [1.82, 2.24) is 9.88 Å². The molecule has 24 heavy (non-hydrogen) atoms. The van der Waals surface area contributed by atoms with Crippen molar-refractivity contribution in [3.05, 3.63) is 35.3 Å². The van der Waals surface area contributed by atoms with E-state index < -0.39 is 0 Å². The summed E-state index contributed by atoms with van der Waals surface area (Å²) in [5.41, 5.74) is 7.41. The summed E-state index contributed by atoms with van der Waals surface area (Å²) in [7, 11) is 0. The molecule has 1 saturated heterocycles. The smallest absolute Gasteiger partial charge is 0.273 e. The fourth-order valence-electron chi connectivity index (χ4n) is 2.72. The normalized spacial score (nSPS) is 15.8. The van der Waals surface area contributed by atoms with Crippen LogP contribution < -0.4 is 10.5 Å². The Morgan fingerprint density at radius 2 is 1.96 bits per heavy atom. The summed E-state index contributed by atoms with van der Waals surface area (Å²) in [6.45, 7) is 5.43. The summed E-state index contributed by atoms with van der Waals surface area (Å²) in [6, 6.07) is 8.04. The SMILES string of the molecule is CC(C)Oc1ccc(-c2nc(C(=O)N3CCC(N)CC3)cs2)cc1. The van der Waals surface area contributed by atoms with Gasteiger partial charge in [0, 0.05) is 30.1 Å². The van der Waals surface area contributed by atoms with Crippen LogP contribution in [0.25, 0.3) is 10.6 Å². The number of hydrogen-bond donors (Lipinski definition) is 1. The maximum atomic E-state index is 12.5. The zero-order valence-corrected chi connectivity index (χ0v) is 14.9. The number of nitrogens with zero attached hydrogens (tertiary/aromatic N) is 2. The van der Waals surface area contributed by atoms with Gasteiger partial charge in [0.25, 0.3) is 5.91 Å². The molecule has 2 heterocycles. The van der Waals surface area contributed by atoms with Gasteiger partial charge in [-0.25, -0.2) is 4.98 Å². The van der Waals surface area contributed by atoms with Gasteiger partial charge in [0.1, 0.15) is 16.5 Å². The van der Waals surface area contributed by atoms with Crippen molar-refractivity contribution in [2.75, 3.05) is 13.1 Å². The average molecular weight is 345 g/mol. The first-order valence-corrected chi connectivity index (χ1v) is 9.18. The van der Waals surface area contributed by atoms with E-state index in [1.54, 1.807) is 0 Å². The second kappa shape index (κ2) is 7.32. The lowest BCUT2D eigenvalue weighted by Crippen LogP contribution is -2.42. The monoisotopic (exact) mass is 345 g/mol. The van der Waals surface area contributed by atoms with Crippen LogP contribution in [0.4, 0.5) is 0 Å². The Morgan fingerprint density at radius 3 is 2.58 bits per heavy atom. The first-order valence-electron chi connectivity index (χ1n) is 8.30. The van der Waals surface area contributed by atoms with E-state index in [1.807, 2.05) is 48.4 Å². The molecule has 1 aromatic heterocycles. The quantitative estimate of drug-likeness (QED) is 0.924. The van der Waals surface area contributed by atoms with Gasteiger partial charge in [-0.15, -0.1) is 11.3 Å². The molecule has 0 radical (unpaired) electrons. The van der Waals surface area contributed by atoms with E-state index in [9.17, 15) is 4.79 Å². The van der Waals surface area contributed by atoms with E-state index in [4.69, 9.17) is 10.5 Å². The predicted octanol–water partition coefficient (Wildman–Crippen LogP) is 3.16. The second-order valence-electron chi connectivity index (χ2n) is 6.36. The van der Waals surface area contributed by atoms with Crippen molar-refractivity contribution in [3.8, 4) is 16.3 Å². The number of amides is 1. The average Bonchev–Trinajstić information content (AvgIpc) is 3.05. The van der Waals surface area contributed by atoms with Gasteiger partial charge in [0.2, 0.25) is 0 Å². The first-order chi connectivity index (χ1) is 11.5. The molecule has 2 N–H and O–H groups in total. The number of carbonyl (C=O) groups excluding carboxylic acids is 1. The Balaban J connectivity index is 1.69. The molecule has 0 unspecified atom stereocenters. The number of aromatic nitrogens is 1. The number of carbonyl (C=O) groups is 1. The maximum Gasteiger partial charge on any atom is 0.273 e. The van der Waals surface area contributed by atoms with Crippen LogP contribution in [-0.2, 0) is 0 Å². The molecule has 0 bridgehead atoms. The molecule has 1 fully saturated rings. The molecule has 1 aromatic carbocycles. The second-order valence-corrected chi connectivity index (χ2v) is 7.22. The molecule has 128 valence electrons. The molecule has 3 rings (SSSR count). The van der Waals surface area contributed by atoms with Crippen molar-refractivity contribution in [2.45, 2.75) is 38.8 Å². The van der Waals surface area contributed by atoms with Crippen LogP contribution >= 0.6 is 11.3 Å². The molecular formula is C18H23N3O2S. The highest BCUT2D eigenvalue weighted by atomic mass is 32.1. The van der Waals surface area contributed by atoms with Gasteiger partial charge < -0.3 is 15.4 Å². The Hall–Kier alpha value is -1.92. The van der Waals surface area contributed by atoms with E-state index in [2.05, 4.69) is 4.98 Å². The number of nitrogens with two attached hydrogens (primary N) is 1. The van der Waals surface area contributed by atoms with Gasteiger partial charge in [-0.1, -0.05) is 0 Å². The lowest BCUT2D eigenvalue weighted by atomic mass is 10.1. The summed E-state index contributed by atoms with van der Waals surface area (Å²) in [6.07, 6.45) is 1.87. The third-order valence-corrected chi connectivity index (χ3v) is 4.91. The van der Waals surface area contributed by atoms with Crippen LogP contribution in [0.1, 0.15) is 37.2 Å². The number of piperidine rings is 1. The van der Waals surface area contributed by atoms with Crippen molar-refractivity contribution in [1.29, 1.82) is 0 Å². The summed E-state index contributed by atoms with van der Waals surface area (Å²) in [4.78, 5) is 18.9. The van der Waals surface area contributed by atoms with E-state index in [0.29, 0.717) is 18.8 Å². The molecule has 6 heteroatoms. The van der Waals surface area contributed by atoms with Crippen molar-refractivity contribution in [3.63, 3.8) is 0 Å². The molecule has 2 aromatic rings. The minimum Gasteiger partial charge on any atom is -0.491 e. The summed E-state index contributed by atoms with van der Waals surface area (Å²) in [5, 5.41) is 2.69. The Morgan fingerprint density at radius 1 is 1.29 bits per heavy atom. The van der Waals surface area contributed by atoms with Crippen molar-refractivity contribution >= 4 is 17.2 Å². The molecule has 0 aliphatic carbocycles. The molecule has 1 aliphatic heterocycles. The van der Waals surface area contributed by atoms with E-state index in [0.717, 1.165) is 29.2 Å². The van der Waals surface area contributed by atoms with E-state index in [-0.39, 0.29) is 18.1 Å². The topological polar surface area (TPSA) is 68.5 Å². The Bertz CT molecular complexity index is 689. The van der Waals surface area contributed by atoms with Gasteiger partial charge in [0.15, 0.2) is 0 Å². The largest absolute Gasteiger partial charge is 0.491 e. The first kappa shape index (κ1) is 16.9. The van der Waals surface area contributed by atoms with Crippen molar-refractivity contribution in [2.24, 2.45) is 5.73 Å². The molecular weight excluding hydrogens is 322 g/mol. The van der Waals surface area contributed by atoms with Crippen LogP contribution in [0, 0.1) is 0 Å². The maximum absolute atomic E-state index is 12.5. The van der Waals surface area contributed by atoms with Crippen LogP contribution in [0.2, 0.25) is 0 Å². The lowest BCUT2D eigenvalue weighted by Gasteiger charge is -2.29. The van der Waals surface area contributed by atoms with E-state index in [1.165, 1.54) is 11.3 Å². The summed E-state index contributed by atoms with van der Waals surface area (Å²) >= 11 is 1.49.